The van der Waals surface area contributed by atoms with Crippen LogP contribution < -0.4 is 10.6 Å². The molecule has 2 aliphatic carbocycles. The number of ketones is 1. The molecular weight excluding hydrogens is 300 g/mol. The molecule has 4 aliphatic rings. The van der Waals surface area contributed by atoms with Crippen LogP contribution in [0.25, 0.3) is 0 Å². The van der Waals surface area contributed by atoms with Gasteiger partial charge in [0.25, 0.3) is 0 Å². The number of rotatable bonds is 8. The maximum absolute atomic E-state index is 13.6. The zero-order valence-corrected chi connectivity index (χ0v) is 15.0. The highest BCUT2D eigenvalue weighted by molar-refractivity contribution is 5.89. The first-order valence-electron chi connectivity index (χ1n) is 10.2. The molecule has 4 rings (SSSR count). The number of carbonyl (C=O) groups excluding carboxylic acids is 1. The molecule has 0 amide bonds. The summed E-state index contributed by atoms with van der Waals surface area (Å²) in [5.41, 5.74) is 0. The van der Waals surface area contributed by atoms with Crippen LogP contribution in [0, 0.1) is 11.8 Å². The van der Waals surface area contributed by atoms with Gasteiger partial charge in [-0.3, -0.25) is 14.6 Å². The van der Waals surface area contributed by atoms with Crippen molar-refractivity contribution in [2.24, 2.45) is 11.8 Å². The highest BCUT2D eigenvalue weighted by Gasteiger charge is 2.40. The SMILES string of the molecule is O=C(C(CC1CC1)N1CCNCC1)C(CC1CC1)N1CCNCC1. The molecule has 2 atom stereocenters. The molecule has 2 saturated heterocycles. The zero-order chi connectivity index (χ0) is 16.4. The predicted molar refractivity (Wildman–Crippen MR) is 96.2 cm³/mol. The lowest BCUT2D eigenvalue weighted by Gasteiger charge is -2.40. The van der Waals surface area contributed by atoms with Crippen molar-refractivity contribution >= 4 is 5.78 Å². The van der Waals surface area contributed by atoms with E-state index in [9.17, 15) is 4.79 Å². The average molecular weight is 335 g/mol. The molecule has 0 bridgehead atoms. The lowest BCUT2D eigenvalue weighted by molar-refractivity contribution is -0.131. The maximum atomic E-state index is 13.6. The van der Waals surface area contributed by atoms with Crippen LogP contribution in [0.4, 0.5) is 0 Å². The Hall–Kier alpha value is -0.490. The Labute approximate surface area is 146 Å². The standard InChI is InChI=1S/C19H34N4O/c24-19(17(13-15-1-2-15)22-9-5-20-6-10-22)18(14-16-3-4-16)23-11-7-21-8-12-23/h15-18,20-21H,1-14H2. The van der Waals surface area contributed by atoms with E-state index in [1.165, 1.54) is 25.7 Å². The minimum atomic E-state index is 0.179. The van der Waals surface area contributed by atoms with Crippen LogP contribution in [0.2, 0.25) is 0 Å². The number of nitrogens with zero attached hydrogens (tertiary/aromatic N) is 2. The second kappa shape index (κ2) is 7.81. The van der Waals surface area contributed by atoms with Gasteiger partial charge in [-0.1, -0.05) is 25.7 Å². The summed E-state index contributed by atoms with van der Waals surface area (Å²) in [6.07, 6.45) is 7.61. The van der Waals surface area contributed by atoms with Crippen LogP contribution in [-0.2, 0) is 4.79 Å². The molecule has 4 fully saturated rings. The quantitative estimate of drug-likeness (QED) is 0.684. The van der Waals surface area contributed by atoms with Crippen LogP contribution in [-0.4, -0.2) is 80.0 Å². The van der Waals surface area contributed by atoms with E-state index in [0.29, 0.717) is 5.78 Å². The first-order valence-corrected chi connectivity index (χ1v) is 10.2. The summed E-state index contributed by atoms with van der Waals surface area (Å²) < 4.78 is 0. The number of nitrogens with one attached hydrogen (secondary N) is 2. The lowest BCUT2D eigenvalue weighted by atomic mass is 9.93. The summed E-state index contributed by atoms with van der Waals surface area (Å²) in [5, 5.41) is 6.88. The topological polar surface area (TPSA) is 47.6 Å². The van der Waals surface area contributed by atoms with Gasteiger partial charge in [0.15, 0.2) is 5.78 Å². The van der Waals surface area contributed by atoms with Crippen molar-refractivity contribution in [3.63, 3.8) is 0 Å². The fourth-order valence-corrected chi connectivity index (χ4v) is 4.44. The van der Waals surface area contributed by atoms with Crippen LogP contribution in [0.15, 0.2) is 0 Å². The minimum Gasteiger partial charge on any atom is -0.314 e. The zero-order valence-electron chi connectivity index (χ0n) is 15.0. The van der Waals surface area contributed by atoms with E-state index in [1.807, 2.05) is 0 Å². The predicted octanol–water partition coefficient (Wildman–Crippen LogP) is 0.703. The molecule has 0 aromatic heterocycles. The Morgan fingerprint density at radius 2 is 1.12 bits per heavy atom. The second-order valence-corrected chi connectivity index (χ2v) is 8.36. The number of hydrogen-bond donors (Lipinski definition) is 2. The molecule has 2 aliphatic heterocycles. The molecule has 0 spiro atoms. The summed E-state index contributed by atoms with van der Waals surface area (Å²) in [4.78, 5) is 18.6. The molecule has 2 saturated carbocycles. The van der Waals surface area contributed by atoms with Crippen LogP contribution >= 0.6 is 0 Å². The van der Waals surface area contributed by atoms with Gasteiger partial charge in [0.2, 0.25) is 0 Å². The summed E-state index contributed by atoms with van der Waals surface area (Å²) >= 11 is 0. The number of carbonyl (C=O) groups is 1. The van der Waals surface area contributed by atoms with Crippen molar-refractivity contribution in [1.82, 2.24) is 20.4 Å². The highest BCUT2D eigenvalue weighted by Crippen LogP contribution is 2.38. The molecular formula is C19H34N4O. The third-order valence-electron chi connectivity index (χ3n) is 6.35. The van der Waals surface area contributed by atoms with E-state index >= 15 is 0 Å². The van der Waals surface area contributed by atoms with Gasteiger partial charge in [0, 0.05) is 52.4 Å². The molecule has 24 heavy (non-hydrogen) atoms. The first-order chi connectivity index (χ1) is 11.8. The Morgan fingerprint density at radius 3 is 1.46 bits per heavy atom. The fraction of sp³-hybridized carbons (Fsp3) is 0.947. The summed E-state index contributed by atoms with van der Waals surface area (Å²) in [6, 6.07) is 0.358. The lowest BCUT2D eigenvalue weighted by Crippen LogP contribution is -2.58. The number of Topliss-reactive ketones (excluding diaryl/α,β-unsaturated/α-hetero) is 1. The van der Waals surface area contributed by atoms with Crippen molar-refractivity contribution in [3.8, 4) is 0 Å². The second-order valence-electron chi connectivity index (χ2n) is 8.36. The maximum Gasteiger partial charge on any atom is 0.167 e. The van der Waals surface area contributed by atoms with Crippen molar-refractivity contribution in [2.75, 3.05) is 52.4 Å². The minimum absolute atomic E-state index is 0.179. The van der Waals surface area contributed by atoms with Crippen molar-refractivity contribution in [2.45, 2.75) is 50.6 Å². The van der Waals surface area contributed by atoms with Gasteiger partial charge in [-0.05, 0) is 24.7 Å². The van der Waals surface area contributed by atoms with Crippen LogP contribution in [0.3, 0.4) is 0 Å². The van der Waals surface area contributed by atoms with Crippen LogP contribution in [0.1, 0.15) is 38.5 Å². The molecule has 0 radical (unpaired) electrons. The van der Waals surface area contributed by atoms with Gasteiger partial charge < -0.3 is 10.6 Å². The molecule has 5 nitrogen and oxygen atoms in total. The van der Waals surface area contributed by atoms with E-state index in [1.54, 1.807) is 0 Å². The van der Waals surface area contributed by atoms with Crippen molar-refractivity contribution in [3.05, 3.63) is 0 Å². The van der Waals surface area contributed by atoms with E-state index in [2.05, 4.69) is 20.4 Å². The third-order valence-corrected chi connectivity index (χ3v) is 6.35. The van der Waals surface area contributed by atoms with E-state index in [4.69, 9.17) is 0 Å². The Bertz CT molecular complexity index is 385. The number of piperazine rings is 2. The molecule has 0 aromatic rings. The Kier molecular flexibility index (Phi) is 5.52. The number of hydrogen-bond acceptors (Lipinski definition) is 5. The molecule has 136 valence electrons. The van der Waals surface area contributed by atoms with E-state index in [-0.39, 0.29) is 12.1 Å². The van der Waals surface area contributed by atoms with Gasteiger partial charge in [-0.15, -0.1) is 0 Å². The molecule has 2 N–H and O–H groups in total. The van der Waals surface area contributed by atoms with Gasteiger partial charge in [0.1, 0.15) is 0 Å². The molecule has 2 heterocycles. The average Bonchev–Trinajstić information content (AvgIpc) is 3.54. The smallest absolute Gasteiger partial charge is 0.167 e. The van der Waals surface area contributed by atoms with E-state index < -0.39 is 0 Å². The summed E-state index contributed by atoms with van der Waals surface area (Å²) in [6.45, 7) is 8.32. The van der Waals surface area contributed by atoms with Crippen molar-refractivity contribution in [1.29, 1.82) is 0 Å². The van der Waals surface area contributed by atoms with Gasteiger partial charge in [-0.25, -0.2) is 0 Å². The van der Waals surface area contributed by atoms with Gasteiger partial charge >= 0.3 is 0 Å². The van der Waals surface area contributed by atoms with Crippen molar-refractivity contribution < 1.29 is 4.79 Å². The van der Waals surface area contributed by atoms with Gasteiger partial charge in [0.05, 0.1) is 12.1 Å². The fourth-order valence-electron chi connectivity index (χ4n) is 4.44. The third kappa shape index (κ3) is 4.37. The Morgan fingerprint density at radius 1 is 0.750 bits per heavy atom. The molecule has 5 heteroatoms. The van der Waals surface area contributed by atoms with E-state index in [0.717, 1.165) is 77.0 Å². The molecule has 2 unspecified atom stereocenters. The Balaban J connectivity index is 1.47. The summed E-state index contributed by atoms with van der Waals surface area (Å²) in [7, 11) is 0. The van der Waals surface area contributed by atoms with Crippen LogP contribution in [0.5, 0.6) is 0 Å². The molecule has 0 aromatic carbocycles. The normalized spacial score (nSPS) is 29.3. The first kappa shape index (κ1) is 17.0. The highest BCUT2D eigenvalue weighted by atomic mass is 16.1. The van der Waals surface area contributed by atoms with Gasteiger partial charge in [-0.2, -0.15) is 0 Å². The monoisotopic (exact) mass is 334 g/mol. The largest absolute Gasteiger partial charge is 0.314 e. The summed E-state index contributed by atoms with van der Waals surface area (Å²) in [5.74, 6) is 2.19.